The third kappa shape index (κ3) is 4.19. The summed E-state index contributed by atoms with van der Waals surface area (Å²) in [6.45, 7) is 3.39. The average molecular weight is 301 g/mol. The van der Waals surface area contributed by atoms with E-state index in [1.165, 1.54) is 12.1 Å². The number of nitrogens with one attached hydrogen (secondary N) is 1. The lowest BCUT2D eigenvalue weighted by Gasteiger charge is -2.09. The van der Waals surface area contributed by atoms with Crippen molar-refractivity contribution in [2.24, 2.45) is 0 Å². The summed E-state index contributed by atoms with van der Waals surface area (Å²) in [4.78, 5) is 4.39. The fourth-order valence-corrected chi connectivity index (χ4v) is 2.29. The first-order valence-electron chi connectivity index (χ1n) is 6.07. The summed E-state index contributed by atoms with van der Waals surface area (Å²) in [5, 5.41) is 3.14. The second-order valence-electron chi connectivity index (χ2n) is 4.06. The van der Waals surface area contributed by atoms with Gasteiger partial charge >= 0.3 is 5.51 Å². The van der Waals surface area contributed by atoms with Crippen molar-refractivity contribution in [1.29, 1.82) is 0 Å². The zero-order valence-corrected chi connectivity index (χ0v) is 11.6. The molecule has 2 rings (SSSR count). The Bertz CT molecular complexity index is 549. The highest BCUT2D eigenvalue weighted by Crippen LogP contribution is 2.37. The van der Waals surface area contributed by atoms with Gasteiger partial charge in [-0.05, 0) is 43.0 Å². The predicted octanol–water partition coefficient (Wildman–Crippen LogP) is 4.13. The highest BCUT2D eigenvalue weighted by molar-refractivity contribution is 8.00. The van der Waals surface area contributed by atoms with Crippen LogP contribution in [0.15, 0.2) is 41.6 Å². The van der Waals surface area contributed by atoms with Gasteiger partial charge in [0.2, 0.25) is 0 Å². The van der Waals surface area contributed by atoms with Crippen molar-refractivity contribution in [3.63, 3.8) is 0 Å². The summed E-state index contributed by atoms with van der Waals surface area (Å²) in [6.07, 6.45) is 3.61. The molecule has 0 aliphatic rings. The number of nitrogens with zero attached hydrogens (tertiary/aromatic N) is 2. The van der Waals surface area contributed by atoms with E-state index in [0.29, 0.717) is 6.54 Å². The second kappa shape index (κ2) is 6.21. The van der Waals surface area contributed by atoms with E-state index in [-0.39, 0.29) is 16.7 Å². The first-order valence-corrected chi connectivity index (χ1v) is 6.89. The molecule has 1 aromatic heterocycles. The van der Waals surface area contributed by atoms with Gasteiger partial charge in [0, 0.05) is 29.5 Å². The molecule has 20 heavy (non-hydrogen) atoms. The molecule has 1 aromatic carbocycles. The Morgan fingerprint density at radius 2 is 1.95 bits per heavy atom. The Morgan fingerprint density at radius 1 is 1.25 bits per heavy atom. The monoisotopic (exact) mass is 301 g/mol. The molecule has 0 unspecified atom stereocenters. The van der Waals surface area contributed by atoms with Crippen LogP contribution in [0.5, 0.6) is 0 Å². The van der Waals surface area contributed by atoms with Gasteiger partial charge in [-0.2, -0.15) is 13.2 Å². The number of anilines is 1. The molecule has 0 amide bonds. The summed E-state index contributed by atoms with van der Waals surface area (Å²) in [7, 11) is 0. The molecule has 0 aliphatic carbocycles. The van der Waals surface area contributed by atoms with E-state index in [0.717, 1.165) is 18.1 Å². The Labute approximate surface area is 119 Å². The molecule has 2 aromatic rings. The fourth-order valence-electron chi connectivity index (χ4n) is 1.75. The van der Waals surface area contributed by atoms with Crippen LogP contribution in [0.25, 0.3) is 0 Å². The van der Waals surface area contributed by atoms with Crippen LogP contribution in [-0.4, -0.2) is 15.1 Å². The Balaban J connectivity index is 1.94. The van der Waals surface area contributed by atoms with Crippen molar-refractivity contribution in [2.45, 2.75) is 30.4 Å². The van der Waals surface area contributed by atoms with Crippen LogP contribution < -0.4 is 5.32 Å². The summed E-state index contributed by atoms with van der Waals surface area (Å²) in [6, 6.07) is 6.17. The second-order valence-corrected chi connectivity index (χ2v) is 5.19. The van der Waals surface area contributed by atoms with Gasteiger partial charge in [-0.3, -0.25) is 0 Å². The quantitative estimate of drug-likeness (QED) is 0.842. The molecule has 0 fully saturated rings. The van der Waals surface area contributed by atoms with Crippen LogP contribution >= 0.6 is 11.8 Å². The van der Waals surface area contributed by atoms with E-state index < -0.39 is 5.51 Å². The molecule has 0 aliphatic heterocycles. The Kier molecular flexibility index (Phi) is 4.59. The normalized spacial score (nSPS) is 11.6. The number of imidazole rings is 1. The lowest BCUT2D eigenvalue weighted by Crippen LogP contribution is -2.07. The number of benzene rings is 1. The van der Waals surface area contributed by atoms with Crippen molar-refractivity contribution in [3.8, 4) is 0 Å². The van der Waals surface area contributed by atoms with Gasteiger partial charge in [0.15, 0.2) is 0 Å². The first kappa shape index (κ1) is 14.8. The molecule has 3 nitrogen and oxygen atoms in total. The van der Waals surface area contributed by atoms with Crippen LogP contribution in [0, 0.1) is 0 Å². The zero-order valence-electron chi connectivity index (χ0n) is 10.8. The molecule has 0 spiro atoms. The van der Waals surface area contributed by atoms with E-state index in [1.54, 1.807) is 18.3 Å². The smallest absolute Gasteiger partial charge is 0.378 e. The van der Waals surface area contributed by atoms with Crippen molar-refractivity contribution in [2.75, 3.05) is 5.32 Å². The molecule has 108 valence electrons. The number of hydrogen-bond donors (Lipinski definition) is 1. The molecule has 0 atom stereocenters. The molecule has 1 heterocycles. The van der Waals surface area contributed by atoms with E-state index in [1.807, 2.05) is 17.7 Å². The van der Waals surface area contributed by atoms with Crippen molar-refractivity contribution < 1.29 is 13.2 Å². The van der Waals surface area contributed by atoms with Crippen molar-refractivity contribution in [3.05, 3.63) is 42.5 Å². The molecular formula is C13H14F3N3S. The van der Waals surface area contributed by atoms with Crippen LogP contribution in [0.2, 0.25) is 0 Å². The minimum atomic E-state index is -4.25. The van der Waals surface area contributed by atoms with E-state index >= 15 is 0 Å². The maximum Gasteiger partial charge on any atom is 0.446 e. The van der Waals surface area contributed by atoms with Gasteiger partial charge in [0.1, 0.15) is 5.82 Å². The zero-order chi connectivity index (χ0) is 14.6. The van der Waals surface area contributed by atoms with Crippen molar-refractivity contribution >= 4 is 17.4 Å². The Hall–Kier alpha value is -1.63. The third-order valence-corrected chi connectivity index (χ3v) is 3.42. The maximum absolute atomic E-state index is 12.2. The summed E-state index contributed by atoms with van der Waals surface area (Å²) in [5.41, 5.74) is -3.48. The Morgan fingerprint density at radius 3 is 2.55 bits per heavy atom. The topological polar surface area (TPSA) is 29.9 Å². The summed E-state index contributed by atoms with van der Waals surface area (Å²) in [5.74, 6) is 0.890. The highest BCUT2D eigenvalue weighted by atomic mass is 32.2. The minimum absolute atomic E-state index is 0.113. The van der Waals surface area contributed by atoms with Crippen LogP contribution in [0.3, 0.4) is 0 Å². The molecular weight excluding hydrogens is 287 g/mol. The predicted molar refractivity (Wildman–Crippen MR) is 73.6 cm³/mol. The number of alkyl halides is 3. The van der Waals surface area contributed by atoms with Gasteiger partial charge < -0.3 is 9.88 Å². The van der Waals surface area contributed by atoms with Gasteiger partial charge in [-0.1, -0.05) is 0 Å². The summed E-state index contributed by atoms with van der Waals surface area (Å²) < 4.78 is 38.6. The number of aryl methyl sites for hydroxylation is 1. The summed E-state index contributed by atoms with van der Waals surface area (Å²) >= 11 is -0.113. The average Bonchev–Trinajstić information content (AvgIpc) is 2.83. The number of halogens is 3. The van der Waals surface area contributed by atoms with E-state index in [2.05, 4.69) is 10.3 Å². The number of thioether (sulfide) groups is 1. The van der Waals surface area contributed by atoms with Crippen LogP contribution in [0.1, 0.15) is 12.7 Å². The van der Waals surface area contributed by atoms with E-state index in [4.69, 9.17) is 0 Å². The molecule has 0 bridgehead atoms. The molecule has 0 saturated heterocycles. The number of aromatic nitrogens is 2. The van der Waals surface area contributed by atoms with Crippen LogP contribution in [-0.2, 0) is 13.1 Å². The number of hydrogen-bond acceptors (Lipinski definition) is 3. The lowest BCUT2D eigenvalue weighted by molar-refractivity contribution is -0.0328. The largest absolute Gasteiger partial charge is 0.446 e. The van der Waals surface area contributed by atoms with Gasteiger partial charge in [-0.15, -0.1) is 0 Å². The minimum Gasteiger partial charge on any atom is -0.378 e. The standard InChI is InChI=1S/C13H14F3N3S/c1-2-19-8-7-17-12(19)9-18-10-3-5-11(6-4-10)20-13(14,15)16/h3-8,18H,2,9H2,1H3. The molecule has 0 radical (unpaired) electrons. The van der Waals surface area contributed by atoms with Gasteiger partial charge in [0.05, 0.1) is 6.54 Å². The maximum atomic E-state index is 12.2. The van der Waals surface area contributed by atoms with E-state index in [9.17, 15) is 13.2 Å². The van der Waals surface area contributed by atoms with Crippen molar-refractivity contribution in [1.82, 2.24) is 9.55 Å². The van der Waals surface area contributed by atoms with Gasteiger partial charge in [-0.25, -0.2) is 4.98 Å². The molecule has 0 saturated carbocycles. The first-order chi connectivity index (χ1) is 9.48. The highest BCUT2D eigenvalue weighted by Gasteiger charge is 2.28. The molecule has 7 heteroatoms. The lowest BCUT2D eigenvalue weighted by atomic mass is 10.3. The molecule has 1 N–H and O–H groups in total. The SMILES string of the molecule is CCn1ccnc1CNc1ccc(SC(F)(F)F)cc1. The third-order valence-electron chi connectivity index (χ3n) is 2.68. The fraction of sp³-hybridized carbons (Fsp3) is 0.308. The number of rotatable bonds is 5. The van der Waals surface area contributed by atoms with Gasteiger partial charge in [0.25, 0.3) is 0 Å². The van der Waals surface area contributed by atoms with Crippen LogP contribution in [0.4, 0.5) is 18.9 Å².